The fourth-order valence-electron chi connectivity index (χ4n) is 1.47. The molecule has 1 aromatic rings. The van der Waals surface area contributed by atoms with Gasteiger partial charge < -0.3 is 10.1 Å². The number of likely N-dealkylation sites (N-methyl/N-ethyl adjacent to an activating group) is 1. The molecule has 0 heterocycles. The molecule has 1 unspecified atom stereocenters. The minimum absolute atomic E-state index is 0.115. The van der Waals surface area contributed by atoms with Gasteiger partial charge in [0.05, 0.1) is 0 Å². The number of hydrogen-bond acceptors (Lipinski definition) is 2. The lowest BCUT2D eigenvalue weighted by Crippen LogP contribution is -2.35. The lowest BCUT2D eigenvalue weighted by atomic mass is 10.1. The van der Waals surface area contributed by atoms with Crippen molar-refractivity contribution < 1.29 is 4.74 Å². The average Bonchev–Trinajstić information content (AvgIpc) is 2.22. The van der Waals surface area contributed by atoms with Gasteiger partial charge in [0.15, 0.2) is 0 Å². The van der Waals surface area contributed by atoms with Gasteiger partial charge in [0, 0.05) is 16.6 Å². The van der Waals surface area contributed by atoms with Crippen molar-refractivity contribution >= 4 is 23.2 Å². The summed E-state index contributed by atoms with van der Waals surface area (Å²) in [5.74, 6) is 1.14. The Morgan fingerprint density at radius 3 is 2.24 bits per heavy atom. The van der Waals surface area contributed by atoms with Crippen LogP contribution in [0.5, 0.6) is 5.75 Å². The van der Waals surface area contributed by atoms with Crippen LogP contribution in [-0.2, 0) is 0 Å². The van der Waals surface area contributed by atoms with Crippen LogP contribution < -0.4 is 10.1 Å². The van der Waals surface area contributed by atoms with E-state index in [4.69, 9.17) is 27.9 Å². The molecule has 17 heavy (non-hydrogen) atoms. The predicted molar refractivity (Wildman–Crippen MR) is 74.3 cm³/mol. The molecule has 1 aromatic carbocycles. The van der Waals surface area contributed by atoms with Crippen LogP contribution in [0.25, 0.3) is 0 Å². The third-order valence-corrected chi connectivity index (χ3v) is 2.90. The molecule has 0 saturated heterocycles. The molecule has 4 heteroatoms. The first-order valence-electron chi connectivity index (χ1n) is 5.86. The zero-order valence-corrected chi connectivity index (χ0v) is 12.0. The Morgan fingerprint density at radius 2 is 1.76 bits per heavy atom. The Morgan fingerprint density at radius 1 is 1.18 bits per heavy atom. The van der Waals surface area contributed by atoms with Gasteiger partial charge in [0.2, 0.25) is 0 Å². The van der Waals surface area contributed by atoms with Gasteiger partial charge in [-0.05, 0) is 30.7 Å². The number of ether oxygens (including phenoxy) is 1. The largest absolute Gasteiger partial charge is 0.489 e. The molecule has 0 amide bonds. The van der Waals surface area contributed by atoms with E-state index in [1.54, 1.807) is 18.2 Å². The molecule has 0 spiro atoms. The molecule has 96 valence electrons. The number of hydrogen-bond donors (Lipinski definition) is 1. The van der Waals surface area contributed by atoms with Crippen molar-refractivity contribution in [1.82, 2.24) is 5.32 Å². The van der Waals surface area contributed by atoms with E-state index >= 15 is 0 Å². The highest BCUT2D eigenvalue weighted by molar-refractivity contribution is 6.34. The molecule has 0 fully saturated rings. The SMILES string of the molecule is CCNCC(Oc1cc(Cl)cc(Cl)c1)C(C)C. The van der Waals surface area contributed by atoms with Crippen LogP contribution in [0.1, 0.15) is 20.8 Å². The molecule has 0 aliphatic rings. The molecule has 0 aliphatic heterocycles. The van der Waals surface area contributed by atoms with Gasteiger partial charge in [-0.3, -0.25) is 0 Å². The Labute approximate surface area is 113 Å². The summed E-state index contributed by atoms with van der Waals surface area (Å²) in [5.41, 5.74) is 0. The van der Waals surface area contributed by atoms with Gasteiger partial charge in [-0.2, -0.15) is 0 Å². The Bertz CT molecular complexity index is 335. The standard InChI is InChI=1S/C13H19Cl2NO/c1-4-16-8-13(9(2)3)17-12-6-10(14)5-11(15)7-12/h5-7,9,13,16H,4,8H2,1-3H3. The third-order valence-electron chi connectivity index (χ3n) is 2.46. The Balaban J connectivity index is 2.71. The van der Waals surface area contributed by atoms with Crippen LogP contribution in [0.3, 0.4) is 0 Å². The van der Waals surface area contributed by atoms with Crippen LogP contribution in [0.4, 0.5) is 0 Å². The van der Waals surface area contributed by atoms with Crippen LogP contribution in [-0.4, -0.2) is 19.2 Å². The molecular formula is C13H19Cl2NO. The van der Waals surface area contributed by atoms with E-state index in [2.05, 4.69) is 26.1 Å². The first kappa shape index (κ1) is 14.6. The summed E-state index contributed by atoms with van der Waals surface area (Å²) in [6.45, 7) is 8.09. The fourth-order valence-corrected chi connectivity index (χ4v) is 1.98. The van der Waals surface area contributed by atoms with E-state index in [0.717, 1.165) is 18.8 Å². The van der Waals surface area contributed by atoms with E-state index in [0.29, 0.717) is 16.0 Å². The second-order valence-corrected chi connectivity index (χ2v) is 5.19. The first-order chi connectivity index (χ1) is 8.02. The van der Waals surface area contributed by atoms with Crippen LogP contribution in [0.15, 0.2) is 18.2 Å². The second-order valence-electron chi connectivity index (χ2n) is 4.31. The van der Waals surface area contributed by atoms with Crippen molar-refractivity contribution in [3.8, 4) is 5.75 Å². The summed E-state index contributed by atoms with van der Waals surface area (Å²) >= 11 is 11.9. The van der Waals surface area contributed by atoms with E-state index < -0.39 is 0 Å². The summed E-state index contributed by atoms with van der Waals surface area (Å²) in [7, 11) is 0. The Hall–Kier alpha value is -0.440. The highest BCUT2D eigenvalue weighted by Crippen LogP contribution is 2.25. The zero-order chi connectivity index (χ0) is 12.8. The van der Waals surface area contributed by atoms with Crippen molar-refractivity contribution in [2.45, 2.75) is 26.9 Å². The minimum Gasteiger partial charge on any atom is -0.489 e. The molecule has 1 N–H and O–H groups in total. The predicted octanol–water partition coefficient (Wildman–Crippen LogP) is 4.01. The summed E-state index contributed by atoms with van der Waals surface area (Å²) in [4.78, 5) is 0. The summed E-state index contributed by atoms with van der Waals surface area (Å²) in [5, 5.41) is 4.48. The maximum atomic E-state index is 5.94. The van der Waals surface area contributed by atoms with E-state index in [1.807, 2.05) is 0 Å². The quantitative estimate of drug-likeness (QED) is 0.847. The molecular weight excluding hydrogens is 257 g/mol. The zero-order valence-electron chi connectivity index (χ0n) is 10.5. The molecule has 0 radical (unpaired) electrons. The normalized spacial score (nSPS) is 12.8. The topological polar surface area (TPSA) is 21.3 Å². The van der Waals surface area contributed by atoms with Gasteiger partial charge in [-0.1, -0.05) is 44.0 Å². The van der Waals surface area contributed by atoms with Crippen molar-refractivity contribution in [3.05, 3.63) is 28.2 Å². The molecule has 0 aliphatic carbocycles. The van der Waals surface area contributed by atoms with E-state index in [-0.39, 0.29) is 6.10 Å². The number of benzene rings is 1. The smallest absolute Gasteiger partial charge is 0.122 e. The van der Waals surface area contributed by atoms with Crippen LogP contribution >= 0.6 is 23.2 Å². The van der Waals surface area contributed by atoms with Crippen molar-refractivity contribution in [2.75, 3.05) is 13.1 Å². The van der Waals surface area contributed by atoms with Crippen molar-refractivity contribution in [2.24, 2.45) is 5.92 Å². The van der Waals surface area contributed by atoms with Gasteiger partial charge in [-0.15, -0.1) is 0 Å². The third kappa shape index (κ3) is 5.15. The highest BCUT2D eigenvalue weighted by Gasteiger charge is 2.15. The summed E-state index contributed by atoms with van der Waals surface area (Å²) in [6, 6.07) is 5.27. The fraction of sp³-hybridized carbons (Fsp3) is 0.538. The highest BCUT2D eigenvalue weighted by atomic mass is 35.5. The Kier molecular flexibility index (Phi) is 6.10. The van der Waals surface area contributed by atoms with Crippen molar-refractivity contribution in [1.29, 1.82) is 0 Å². The van der Waals surface area contributed by atoms with Gasteiger partial charge in [0.1, 0.15) is 11.9 Å². The molecule has 0 aromatic heterocycles. The number of nitrogens with one attached hydrogen (secondary N) is 1. The molecule has 2 nitrogen and oxygen atoms in total. The number of rotatable bonds is 6. The van der Waals surface area contributed by atoms with Crippen LogP contribution in [0, 0.1) is 5.92 Å². The molecule has 1 atom stereocenters. The lowest BCUT2D eigenvalue weighted by Gasteiger charge is -2.23. The maximum Gasteiger partial charge on any atom is 0.122 e. The molecule has 0 saturated carbocycles. The summed E-state index contributed by atoms with van der Waals surface area (Å²) in [6.07, 6.45) is 0.115. The summed E-state index contributed by atoms with van der Waals surface area (Å²) < 4.78 is 5.91. The van der Waals surface area contributed by atoms with Gasteiger partial charge in [-0.25, -0.2) is 0 Å². The molecule has 0 bridgehead atoms. The second kappa shape index (κ2) is 7.10. The maximum absolute atomic E-state index is 5.94. The van der Waals surface area contributed by atoms with E-state index in [9.17, 15) is 0 Å². The van der Waals surface area contributed by atoms with E-state index in [1.165, 1.54) is 0 Å². The number of halogens is 2. The lowest BCUT2D eigenvalue weighted by molar-refractivity contribution is 0.149. The van der Waals surface area contributed by atoms with Crippen LogP contribution in [0.2, 0.25) is 10.0 Å². The molecule has 1 rings (SSSR count). The first-order valence-corrected chi connectivity index (χ1v) is 6.62. The van der Waals surface area contributed by atoms with Gasteiger partial charge in [0.25, 0.3) is 0 Å². The monoisotopic (exact) mass is 275 g/mol. The average molecular weight is 276 g/mol. The minimum atomic E-state index is 0.115. The van der Waals surface area contributed by atoms with Crippen molar-refractivity contribution in [3.63, 3.8) is 0 Å². The van der Waals surface area contributed by atoms with Gasteiger partial charge >= 0.3 is 0 Å².